The predicted octanol–water partition coefficient (Wildman–Crippen LogP) is 1.19. The van der Waals surface area contributed by atoms with Crippen LogP contribution in [0.4, 0.5) is 23.7 Å². The Bertz CT molecular complexity index is 545. The van der Waals surface area contributed by atoms with Gasteiger partial charge in [-0.25, -0.2) is 4.99 Å². The minimum Gasteiger partial charge on any atom is -0.368 e. The number of anilines is 3. The Balaban J connectivity index is 2.39. The summed E-state index contributed by atoms with van der Waals surface area (Å²) in [4.78, 5) is 20.6. The van der Waals surface area contributed by atoms with Gasteiger partial charge in [-0.1, -0.05) is 0 Å². The highest BCUT2D eigenvalue weighted by atomic mass is 15.3. The molecule has 0 atom stereocenters. The van der Waals surface area contributed by atoms with Gasteiger partial charge in [-0.3, -0.25) is 4.90 Å². The lowest BCUT2D eigenvalue weighted by molar-refractivity contribution is 0.978. The number of hydrogen-bond acceptors (Lipinski definition) is 6. The summed E-state index contributed by atoms with van der Waals surface area (Å²) < 4.78 is 0. The quantitative estimate of drug-likeness (QED) is 0.773. The van der Waals surface area contributed by atoms with E-state index < -0.39 is 0 Å². The lowest BCUT2D eigenvalue weighted by Gasteiger charge is -2.15. The number of aromatic amines is 1. The zero-order chi connectivity index (χ0) is 12.4. The molecule has 0 saturated carbocycles. The number of nitrogens with two attached hydrogens (primary N) is 1. The summed E-state index contributed by atoms with van der Waals surface area (Å²) in [6, 6.07) is 3.89. The van der Waals surface area contributed by atoms with Gasteiger partial charge in [0.2, 0.25) is 11.9 Å². The first-order valence-corrected chi connectivity index (χ1v) is 4.98. The Morgan fingerprint density at radius 2 is 2.12 bits per heavy atom. The second-order valence-electron chi connectivity index (χ2n) is 3.54. The van der Waals surface area contributed by atoms with E-state index >= 15 is 0 Å². The van der Waals surface area contributed by atoms with E-state index in [1.54, 1.807) is 4.90 Å². The smallest absolute Gasteiger partial charge is 0.255 e. The summed E-state index contributed by atoms with van der Waals surface area (Å²) in [7, 11) is 1.83. The molecule has 0 aliphatic rings. The van der Waals surface area contributed by atoms with Gasteiger partial charge in [0.15, 0.2) is 0 Å². The van der Waals surface area contributed by atoms with Crippen LogP contribution in [0, 0.1) is 6.92 Å². The number of aliphatic imine (C=N–C) groups is 1. The van der Waals surface area contributed by atoms with Crippen LogP contribution in [0.5, 0.6) is 0 Å². The number of aryl methyl sites for hydroxylation is 1. The molecule has 3 N–H and O–H groups in total. The molecule has 0 spiro atoms. The maximum Gasteiger partial charge on any atom is 0.255 e. The van der Waals surface area contributed by atoms with Crippen LogP contribution in [-0.2, 0) is 0 Å². The van der Waals surface area contributed by atoms with Crippen molar-refractivity contribution in [2.45, 2.75) is 6.92 Å². The normalized spacial score (nSPS) is 10.2. The lowest BCUT2D eigenvalue weighted by atomic mass is 10.5. The zero-order valence-corrected chi connectivity index (χ0v) is 9.68. The summed E-state index contributed by atoms with van der Waals surface area (Å²) in [5, 5.41) is 0. The van der Waals surface area contributed by atoms with Crippen LogP contribution in [-0.4, -0.2) is 33.7 Å². The van der Waals surface area contributed by atoms with E-state index in [2.05, 4.69) is 31.6 Å². The highest BCUT2D eigenvalue weighted by molar-refractivity contribution is 5.54. The van der Waals surface area contributed by atoms with Crippen LogP contribution in [0.25, 0.3) is 0 Å². The predicted molar refractivity (Wildman–Crippen MR) is 67.0 cm³/mol. The molecule has 0 radical (unpaired) electrons. The third kappa shape index (κ3) is 2.22. The van der Waals surface area contributed by atoms with Crippen molar-refractivity contribution in [3.63, 3.8) is 0 Å². The van der Waals surface area contributed by atoms with Gasteiger partial charge in [-0.2, -0.15) is 15.0 Å². The van der Waals surface area contributed by atoms with Crippen LogP contribution in [0.3, 0.4) is 0 Å². The number of nitrogens with zero attached hydrogens (tertiary/aromatic N) is 5. The lowest BCUT2D eigenvalue weighted by Crippen LogP contribution is -2.15. The van der Waals surface area contributed by atoms with E-state index in [9.17, 15) is 0 Å². The van der Waals surface area contributed by atoms with Gasteiger partial charge in [0.05, 0.1) is 0 Å². The topological polar surface area (TPSA) is 96.1 Å². The molecule has 2 rings (SSSR count). The van der Waals surface area contributed by atoms with Crippen LogP contribution in [0.1, 0.15) is 5.69 Å². The minimum absolute atomic E-state index is 0.118. The van der Waals surface area contributed by atoms with Crippen LogP contribution in [0.15, 0.2) is 17.1 Å². The molecule has 7 heteroatoms. The molecule has 88 valence electrons. The van der Waals surface area contributed by atoms with E-state index in [1.807, 2.05) is 26.1 Å². The van der Waals surface area contributed by atoms with Crippen molar-refractivity contribution in [3.05, 3.63) is 17.8 Å². The summed E-state index contributed by atoms with van der Waals surface area (Å²) >= 11 is 0. The summed E-state index contributed by atoms with van der Waals surface area (Å²) in [5.41, 5.74) is 6.62. The van der Waals surface area contributed by atoms with Crippen LogP contribution >= 0.6 is 0 Å². The van der Waals surface area contributed by atoms with Crippen LogP contribution < -0.4 is 10.6 Å². The van der Waals surface area contributed by atoms with Gasteiger partial charge >= 0.3 is 0 Å². The van der Waals surface area contributed by atoms with Crippen molar-refractivity contribution in [1.29, 1.82) is 0 Å². The molecule has 2 aromatic rings. The van der Waals surface area contributed by atoms with E-state index in [-0.39, 0.29) is 11.9 Å². The van der Waals surface area contributed by atoms with E-state index in [1.165, 1.54) is 0 Å². The monoisotopic (exact) mass is 231 g/mol. The van der Waals surface area contributed by atoms with Crippen molar-refractivity contribution in [2.75, 3.05) is 17.7 Å². The molecule has 2 aromatic heterocycles. The molecule has 0 unspecified atom stereocenters. The molecule has 0 fully saturated rings. The van der Waals surface area contributed by atoms with Gasteiger partial charge in [0.25, 0.3) is 5.95 Å². The van der Waals surface area contributed by atoms with Crippen molar-refractivity contribution in [3.8, 4) is 0 Å². The summed E-state index contributed by atoms with van der Waals surface area (Å²) in [6.45, 7) is 5.33. The van der Waals surface area contributed by atoms with Gasteiger partial charge in [-0.05, 0) is 25.8 Å². The Morgan fingerprint density at radius 1 is 1.35 bits per heavy atom. The van der Waals surface area contributed by atoms with Crippen molar-refractivity contribution < 1.29 is 0 Å². The maximum atomic E-state index is 5.57. The Hall–Kier alpha value is -2.44. The maximum absolute atomic E-state index is 5.57. The van der Waals surface area contributed by atoms with Gasteiger partial charge in [-0.15, -0.1) is 0 Å². The SMILES string of the molecule is C=Nc1nc(N)nc(N(C)c2ccc(C)[nH]2)n1. The first-order chi connectivity index (χ1) is 8.10. The molecular formula is C10H13N7. The largest absolute Gasteiger partial charge is 0.368 e. The second-order valence-corrected chi connectivity index (χ2v) is 3.54. The second kappa shape index (κ2) is 4.20. The number of rotatable bonds is 3. The minimum atomic E-state index is 0.118. The Labute approximate surface area is 98.4 Å². The van der Waals surface area contributed by atoms with Crippen LogP contribution in [0.2, 0.25) is 0 Å². The standard InChI is InChI=1S/C10H13N7/c1-6-4-5-7(13-6)17(3)10-15-8(11)14-9(12-2)16-10/h4-5,13H,2H2,1,3H3,(H2,11,14,15,16). The zero-order valence-electron chi connectivity index (χ0n) is 9.68. The van der Waals surface area contributed by atoms with Gasteiger partial charge < -0.3 is 10.7 Å². The van der Waals surface area contributed by atoms with Crippen molar-refractivity contribution in [2.24, 2.45) is 4.99 Å². The third-order valence-electron chi connectivity index (χ3n) is 2.25. The van der Waals surface area contributed by atoms with Crippen molar-refractivity contribution >= 4 is 30.4 Å². The molecule has 0 bridgehead atoms. The number of hydrogen-bond donors (Lipinski definition) is 2. The van der Waals surface area contributed by atoms with Crippen molar-refractivity contribution in [1.82, 2.24) is 19.9 Å². The highest BCUT2D eigenvalue weighted by Gasteiger charge is 2.11. The Morgan fingerprint density at radius 3 is 2.71 bits per heavy atom. The summed E-state index contributed by atoms with van der Waals surface area (Å²) in [5.74, 6) is 1.61. The third-order valence-corrected chi connectivity index (χ3v) is 2.25. The molecule has 17 heavy (non-hydrogen) atoms. The molecule has 0 saturated heterocycles. The number of aromatic nitrogens is 4. The van der Waals surface area contributed by atoms with Gasteiger partial charge in [0, 0.05) is 12.7 Å². The van der Waals surface area contributed by atoms with Gasteiger partial charge in [0.1, 0.15) is 5.82 Å². The number of H-pyrrole nitrogens is 1. The Kier molecular flexibility index (Phi) is 2.73. The van der Waals surface area contributed by atoms with E-state index in [0.29, 0.717) is 5.95 Å². The highest BCUT2D eigenvalue weighted by Crippen LogP contribution is 2.20. The molecular weight excluding hydrogens is 218 g/mol. The fourth-order valence-electron chi connectivity index (χ4n) is 1.38. The molecule has 2 heterocycles. The first kappa shape index (κ1) is 11.1. The first-order valence-electron chi connectivity index (χ1n) is 4.98. The average Bonchev–Trinajstić information content (AvgIpc) is 2.74. The molecule has 0 aliphatic heterocycles. The fraction of sp³-hybridized carbons (Fsp3) is 0.200. The average molecular weight is 231 g/mol. The number of nitrogens with one attached hydrogen (secondary N) is 1. The fourth-order valence-corrected chi connectivity index (χ4v) is 1.38. The molecule has 0 aromatic carbocycles. The summed E-state index contributed by atoms with van der Waals surface area (Å²) in [6.07, 6.45) is 0. The van der Waals surface area contributed by atoms with E-state index in [0.717, 1.165) is 11.5 Å². The van der Waals surface area contributed by atoms with E-state index in [4.69, 9.17) is 5.73 Å². The molecule has 0 aliphatic carbocycles. The molecule has 7 nitrogen and oxygen atoms in total. The molecule has 0 amide bonds. The number of nitrogen functional groups attached to an aromatic ring is 1.